The lowest BCUT2D eigenvalue weighted by atomic mass is 10.1. The first-order chi connectivity index (χ1) is 13.2. The van der Waals surface area contributed by atoms with Crippen LogP contribution >= 0.6 is 0 Å². The molecule has 0 saturated carbocycles. The normalized spacial score (nSPS) is 14.3. The number of hydrogen-bond acceptors (Lipinski definition) is 5. The molecule has 3 aromatic rings. The zero-order valence-electron chi connectivity index (χ0n) is 14.9. The van der Waals surface area contributed by atoms with Crippen molar-refractivity contribution in [1.82, 2.24) is 14.7 Å². The third-order valence-electron chi connectivity index (χ3n) is 4.62. The Kier molecular flexibility index (Phi) is 4.60. The Balaban J connectivity index is 1.95. The maximum absolute atomic E-state index is 13.1. The fourth-order valence-electron chi connectivity index (χ4n) is 3.23. The van der Waals surface area contributed by atoms with Crippen LogP contribution in [0.1, 0.15) is 10.5 Å². The van der Waals surface area contributed by atoms with Crippen molar-refractivity contribution in [2.45, 2.75) is 0 Å². The highest BCUT2D eigenvalue weighted by atomic mass is 16.5. The zero-order valence-corrected chi connectivity index (χ0v) is 14.9. The molecular formula is C20H19N3O4. The number of nitrogens with zero attached hydrogens (tertiary/aromatic N) is 3. The van der Waals surface area contributed by atoms with Crippen molar-refractivity contribution >= 4 is 16.7 Å². The van der Waals surface area contributed by atoms with Crippen molar-refractivity contribution in [3.63, 3.8) is 0 Å². The van der Waals surface area contributed by atoms with Gasteiger partial charge < -0.3 is 14.4 Å². The summed E-state index contributed by atoms with van der Waals surface area (Å²) in [5.41, 5.74) is 0.443. The topological polar surface area (TPSA) is 73.7 Å². The predicted octanol–water partition coefficient (Wildman–Crippen LogP) is 1.87. The molecule has 0 unspecified atom stereocenters. The monoisotopic (exact) mass is 365 g/mol. The molecule has 0 atom stereocenters. The average molecular weight is 365 g/mol. The fraction of sp³-hybridized carbons (Fsp3) is 0.250. The van der Waals surface area contributed by atoms with Gasteiger partial charge in [0, 0.05) is 18.5 Å². The lowest BCUT2D eigenvalue weighted by Crippen LogP contribution is -2.41. The van der Waals surface area contributed by atoms with E-state index in [0.717, 1.165) is 0 Å². The second-order valence-corrected chi connectivity index (χ2v) is 6.19. The summed E-state index contributed by atoms with van der Waals surface area (Å²) in [6, 6.07) is 14.1. The predicted molar refractivity (Wildman–Crippen MR) is 101 cm³/mol. The van der Waals surface area contributed by atoms with Gasteiger partial charge in [0.05, 0.1) is 25.7 Å². The number of carbonyl (C=O) groups excluding carboxylic acids is 1. The summed E-state index contributed by atoms with van der Waals surface area (Å²) in [5.74, 6) is 0.297. The molecule has 27 heavy (non-hydrogen) atoms. The zero-order chi connectivity index (χ0) is 18.8. The Bertz CT molecular complexity index is 1050. The molecule has 1 saturated heterocycles. The highest BCUT2D eigenvalue weighted by Gasteiger charge is 2.24. The van der Waals surface area contributed by atoms with Crippen LogP contribution in [0.5, 0.6) is 5.75 Å². The van der Waals surface area contributed by atoms with E-state index in [1.165, 1.54) is 11.8 Å². The average Bonchev–Trinajstić information content (AvgIpc) is 2.74. The third kappa shape index (κ3) is 3.06. The lowest BCUT2D eigenvalue weighted by Gasteiger charge is -2.27. The Morgan fingerprint density at radius 2 is 1.70 bits per heavy atom. The van der Waals surface area contributed by atoms with E-state index in [-0.39, 0.29) is 17.2 Å². The van der Waals surface area contributed by atoms with Crippen LogP contribution in [0.2, 0.25) is 0 Å². The number of morpholine rings is 1. The van der Waals surface area contributed by atoms with Crippen LogP contribution in [0.25, 0.3) is 16.5 Å². The summed E-state index contributed by atoms with van der Waals surface area (Å²) >= 11 is 0. The van der Waals surface area contributed by atoms with Crippen LogP contribution in [0.15, 0.2) is 53.3 Å². The minimum absolute atomic E-state index is 0.210. The molecule has 0 spiro atoms. The first kappa shape index (κ1) is 17.2. The standard InChI is InChI=1S/C20H19N3O4/c1-26-17-9-5-4-8-16(17)23-19(24)15-7-3-2-6-14(15)18(21-23)20(25)22-10-12-27-13-11-22/h2-9H,10-13H2,1H3. The Hall–Kier alpha value is -3.19. The number of fused-ring (bicyclic) bond motifs is 1. The number of aromatic nitrogens is 2. The van der Waals surface area contributed by atoms with Crippen LogP contribution in [0.3, 0.4) is 0 Å². The largest absolute Gasteiger partial charge is 0.494 e. The van der Waals surface area contributed by atoms with Gasteiger partial charge in [-0.3, -0.25) is 9.59 Å². The third-order valence-corrected chi connectivity index (χ3v) is 4.62. The van der Waals surface area contributed by atoms with Crippen LogP contribution in [0, 0.1) is 0 Å². The van der Waals surface area contributed by atoms with Gasteiger partial charge in [-0.05, 0) is 18.2 Å². The SMILES string of the molecule is COc1ccccc1-n1nc(C(=O)N2CCOCC2)c2ccccc2c1=O. The first-order valence-corrected chi connectivity index (χ1v) is 8.73. The summed E-state index contributed by atoms with van der Waals surface area (Å²) in [6.07, 6.45) is 0. The van der Waals surface area contributed by atoms with Crippen molar-refractivity contribution in [1.29, 1.82) is 0 Å². The molecule has 0 N–H and O–H groups in total. The van der Waals surface area contributed by atoms with E-state index < -0.39 is 0 Å². The van der Waals surface area contributed by atoms with Crippen LogP contribution in [0.4, 0.5) is 0 Å². The minimum Gasteiger partial charge on any atom is -0.494 e. The molecule has 7 heteroatoms. The van der Waals surface area contributed by atoms with E-state index in [1.807, 2.05) is 6.07 Å². The maximum atomic E-state index is 13.1. The van der Waals surface area contributed by atoms with Gasteiger partial charge in [0.15, 0.2) is 5.69 Å². The van der Waals surface area contributed by atoms with Crippen molar-refractivity contribution in [2.75, 3.05) is 33.4 Å². The van der Waals surface area contributed by atoms with Crippen molar-refractivity contribution in [3.05, 3.63) is 64.6 Å². The van der Waals surface area contributed by atoms with Crippen LogP contribution in [-0.2, 0) is 4.74 Å². The second kappa shape index (κ2) is 7.20. The van der Waals surface area contributed by atoms with Gasteiger partial charge in [0.25, 0.3) is 11.5 Å². The molecule has 2 heterocycles. The van der Waals surface area contributed by atoms with Crippen LogP contribution in [-0.4, -0.2) is 54.0 Å². The molecule has 138 valence electrons. The molecule has 1 aliphatic rings. The number of rotatable bonds is 3. The Morgan fingerprint density at radius 3 is 2.44 bits per heavy atom. The van der Waals surface area contributed by atoms with Gasteiger partial charge in [-0.15, -0.1) is 0 Å². The number of para-hydroxylation sites is 2. The summed E-state index contributed by atoms with van der Waals surface area (Å²) in [6.45, 7) is 2.00. The maximum Gasteiger partial charge on any atom is 0.279 e. The molecule has 0 bridgehead atoms. The van der Waals surface area contributed by atoms with Gasteiger partial charge in [-0.1, -0.05) is 30.3 Å². The molecule has 1 aromatic heterocycles. The van der Waals surface area contributed by atoms with E-state index in [0.29, 0.717) is 48.5 Å². The van der Waals surface area contributed by atoms with Gasteiger partial charge >= 0.3 is 0 Å². The molecule has 1 fully saturated rings. The van der Waals surface area contributed by atoms with E-state index in [1.54, 1.807) is 47.4 Å². The molecular weight excluding hydrogens is 346 g/mol. The van der Waals surface area contributed by atoms with E-state index in [9.17, 15) is 9.59 Å². The van der Waals surface area contributed by atoms with Crippen molar-refractivity contribution in [3.8, 4) is 11.4 Å². The first-order valence-electron chi connectivity index (χ1n) is 8.73. The molecule has 1 aliphatic heterocycles. The van der Waals surface area contributed by atoms with E-state index >= 15 is 0 Å². The van der Waals surface area contributed by atoms with Gasteiger partial charge in [-0.25, -0.2) is 0 Å². The number of amides is 1. The van der Waals surface area contributed by atoms with Crippen LogP contribution < -0.4 is 10.3 Å². The molecule has 4 rings (SSSR count). The fourth-order valence-corrected chi connectivity index (χ4v) is 3.23. The minimum atomic E-state index is -0.298. The van der Waals surface area contributed by atoms with Gasteiger partial charge in [0.1, 0.15) is 11.4 Å². The quantitative estimate of drug-likeness (QED) is 0.708. The number of hydrogen-bond donors (Lipinski definition) is 0. The van der Waals surface area contributed by atoms with E-state index in [4.69, 9.17) is 9.47 Å². The summed E-state index contributed by atoms with van der Waals surface area (Å²) in [7, 11) is 1.53. The van der Waals surface area contributed by atoms with Gasteiger partial charge in [0.2, 0.25) is 0 Å². The Morgan fingerprint density at radius 1 is 1.04 bits per heavy atom. The number of ether oxygens (including phenoxy) is 2. The summed E-state index contributed by atoms with van der Waals surface area (Å²) in [4.78, 5) is 27.9. The van der Waals surface area contributed by atoms with Gasteiger partial charge in [-0.2, -0.15) is 9.78 Å². The number of methoxy groups -OCH3 is 1. The molecule has 7 nitrogen and oxygen atoms in total. The second-order valence-electron chi connectivity index (χ2n) is 6.19. The lowest BCUT2D eigenvalue weighted by molar-refractivity contribution is 0.0299. The summed E-state index contributed by atoms with van der Waals surface area (Å²) in [5, 5.41) is 5.43. The molecule has 2 aromatic carbocycles. The highest BCUT2D eigenvalue weighted by Crippen LogP contribution is 2.22. The molecule has 1 amide bonds. The molecule has 0 aliphatic carbocycles. The number of benzene rings is 2. The van der Waals surface area contributed by atoms with Crippen molar-refractivity contribution in [2.24, 2.45) is 0 Å². The Labute approximate surface area is 155 Å². The van der Waals surface area contributed by atoms with E-state index in [2.05, 4.69) is 5.10 Å². The highest BCUT2D eigenvalue weighted by molar-refractivity contribution is 6.04. The smallest absolute Gasteiger partial charge is 0.279 e. The summed E-state index contributed by atoms with van der Waals surface area (Å²) < 4.78 is 11.9. The molecule has 0 radical (unpaired) electrons. The van der Waals surface area contributed by atoms with Crippen molar-refractivity contribution < 1.29 is 14.3 Å². The number of carbonyl (C=O) groups is 1.